The van der Waals surface area contributed by atoms with Crippen LogP contribution in [0.4, 0.5) is 4.79 Å². The Morgan fingerprint density at radius 1 is 1.14 bits per heavy atom. The zero-order chi connectivity index (χ0) is 27.6. The van der Waals surface area contributed by atoms with Crippen LogP contribution in [0.5, 0.6) is 17.2 Å². The lowest BCUT2D eigenvalue weighted by Gasteiger charge is -2.36. The molecule has 0 aromatic heterocycles. The lowest BCUT2D eigenvalue weighted by Crippen LogP contribution is -2.56. The highest BCUT2D eigenvalue weighted by Gasteiger charge is 2.41. The number of allylic oxidation sites excluding steroid dienone is 1. The van der Waals surface area contributed by atoms with Crippen molar-refractivity contribution in [2.75, 3.05) is 33.9 Å². The van der Waals surface area contributed by atoms with Crippen LogP contribution in [-0.2, 0) is 14.3 Å². The van der Waals surface area contributed by atoms with E-state index in [2.05, 4.69) is 19.2 Å². The molecule has 0 bridgehead atoms. The van der Waals surface area contributed by atoms with E-state index >= 15 is 0 Å². The summed E-state index contributed by atoms with van der Waals surface area (Å²) in [5.41, 5.74) is -0.780. The fourth-order valence-corrected chi connectivity index (χ4v) is 4.49. The number of hydrogen-bond acceptors (Lipinski definition) is 7. The summed E-state index contributed by atoms with van der Waals surface area (Å²) in [6.45, 7) is 10.5. The number of hydrogen-bond donors (Lipinski definition) is 0. The first kappa shape index (κ1) is 30.2. The van der Waals surface area contributed by atoms with E-state index in [1.165, 1.54) is 0 Å². The number of rotatable bonds is 11. The van der Waals surface area contributed by atoms with Crippen LogP contribution < -0.4 is 14.2 Å². The number of piperidine rings is 1. The first-order chi connectivity index (χ1) is 17.5. The van der Waals surface area contributed by atoms with Crippen LogP contribution in [0.3, 0.4) is 0 Å². The molecule has 0 N–H and O–H groups in total. The molecule has 1 saturated heterocycles. The van der Waals surface area contributed by atoms with E-state index in [1.54, 1.807) is 58.1 Å². The molecule has 2 rings (SSSR count). The van der Waals surface area contributed by atoms with Gasteiger partial charge in [-0.3, -0.25) is 9.59 Å². The molecule has 1 aliphatic rings. The fourth-order valence-electron chi connectivity index (χ4n) is 3.85. The molecule has 37 heavy (non-hydrogen) atoms. The van der Waals surface area contributed by atoms with Gasteiger partial charge in [0.2, 0.25) is 11.8 Å². The maximum atomic E-state index is 13.7. The summed E-state index contributed by atoms with van der Waals surface area (Å²) in [4.78, 5) is 41.9. The van der Waals surface area contributed by atoms with Crippen molar-refractivity contribution in [3.05, 3.63) is 30.4 Å². The number of benzene rings is 1. The largest absolute Gasteiger partial charge is 0.493 e. The quantitative estimate of drug-likeness (QED) is 0.304. The second-order valence-electron chi connectivity index (χ2n) is 10.2. The van der Waals surface area contributed by atoms with Gasteiger partial charge in [-0.2, -0.15) is 0 Å². The van der Waals surface area contributed by atoms with Gasteiger partial charge in [0.05, 0.1) is 20.8 Å². The molecule has 1 aromatic carbocycles. The average molecular weight is 534 g/mol. The smallest absolute Gasteiger partial charge is 0.417 e. The number of carbonyl (C=O) groups excluding carboxylic acids is 3. The topological polar surface area (TPSA) is 94.6 Å². The van der Waals surface area contributed by atoms with Gasteiger partial charge in [-0.25, -0.2) is 9.69 Å². The van der Waals surface area contributed by atoms with Crippen molar-refractivity contribution in [3.8, 4) is 17.2 Å². The maximum absolute atomic E-state index is 13.7. The molecule has 9 nitrogen and oxygen atoms in total. The molecular formula is C27H41N2O7Si. The van der Waals surface area contributed by atoms with Gasteiger partial charge in [0.25, 0.3) is 0 Å². The highest BCUT2D eigenvalue weighted by molar-refractivity contribution is 6.56. The third kappa shape index (κ3) is 9.42. The molecule has 1 aliphatic heterocycles. The molecule has 0 unspecified atom stereocenters. The van der Waals surface area contributed by atoms with Gasteiger partial charge in [-0.1, -0.05) is 25.2 Å². The van der Waals surface area contributed by atoms with Crippen molar-refractivity contribution in [2.45, 2.75) is 70.8 Å². The first-order valence-corrected chi connectivity index (χ1v) is 15.3. The maximum Gasteiger partial charge on any atom is 0.417 e. The minimum atomic E-state index is -0.900. The predicted molar refractivity (Wildman–Crippen MR) is 144 cm³/mol. The standard InChI is InChI=1S/C27H41N2O7Si/c1-27(2,3)36-26(32)29-21(11-10-12-24(29)30)25(31)28(15-8-9-18-37(6)7)16-17-35-20-13-14-22(33-4)23(19-20)34-5/h8-9,13-14,19,21H,10-12,15-18H2,1-7H3/b9-8-/t21-/m0/s1. The average Bonchev–Trinajstić information content (AvgIpc) is 2.83. The van der Waals surface area contributed by atoms with Crippen LogP contribution in [0.2, 0.25) is 19.1 Å². The molecule has 3 amide bonds. The summed E-state index contributed by atoms with van der Waals surface area (Å²) in [6.07, 6.45) is 4.42. The molecule has 0 spiro atoms. The minimum absolute atomic E-state index is 0.211. The van der Waals surface area contributed by atoms with E-state index in [1.807, 2.05) is 6.08 Å². The Labute approximate surface area is 222 Å². The van der Waals surface area contributed by atoms with E-state index < -0.39 is 26.5 Å². The van der Waals surface area contributed by atoms with E-state index in [0.717, 1.165) is 10.9 Å². The lowest BCUT2D eigenvalue weighted by atomic mass is 10.0. The van der Waals surface area contributed by atoms with Crippen molar-refractivity contribution in [1.82, 2.24) is 9.80 Å². The first-order valence-electron chi connectivity index (χ1n) is 12.6. The Bertz CT molecular complexity index is 959. The highest BCUT2D eigenvalue weighted by Crippen LogP contribution is 2.31. The van der Waals surface area contributed by atoms with Crippen molar-refractivity contribution >= 4 is 26.7 Å². The number of carbonyl (C=O) groups is 3. The monoisotopic (exact) mass is 533 g/mol. The van der Waals surface area contributed by atoms with Crippen LogP contribution in [0.15, 0.2) is 30.4 Å². The zero-order valence-corrected chi connectivity index (χ0v) is 24.2. The van der Waals surface area contributed by atoms with Gasteiger partial charge in [-0.05, 0) is 51.8 Å². The summed E-state index contributed by atoms with van der Waals surface area (Å²) >= 11 is 0. The van der Waals surface area contributed by atoms with E-state index in [0.29, 0.717) is 36.6 Å². The molecular weight excluding hydrogens is 492 g/mol. The zero-order valence-electron chi connectivity index (χ0n) is 23.2. The molecule has 1 heterocycles. The number of imide groups is 1. The Kier molecular flexibility index (Phi) is 11.5. The summed E-state index contributed by atoms with van der Waals surface area (Å²) < 4.78 is 21.9. The van der Waals surface area contributed by atoms with Crippen molar-refractivity contribution in [1.29, 1.82) is 0 Å². The third-order valence-corrected chi connectivity index (χ3v) is 6.69. The van der Waals surface area contributed by atoms with Crippen LogP contribution in [-0.4, -0.2) is 82.1 Å². The van der Waals surface area contributed by atoms with Gasteiger partial charge in [0.1, 0.15) is 24.0 Å². The van der Waals surface area contributed by atoms with Gasteiger partial charge < -0.3 is 23.8 Å². The summed E-state index contributed by atoms with van der Waals surface area (Å²) in [5, 5.41) is 0. The fraction of sp³-hybridized carbons (Fsp3) is 0.593. The normalized spacial score (nSPS) is 16.2. The van der Waals surface area contributed by atoms with Crippen molar-refractivity contribution in [2.24, 2.45) is 0 Å². The van der Waals surface area contributed by atoms with Gasteiger partial charge in [0, 0.05) is 27.8 Å². The van der Waals surface area contributed by atoms with E-state index in [-0.39, 0.29) is 31.4 Å². The molecule has 0 aliphatic carbocycles. The molecule has 10 heteroatoms. The minimum Gasteiger partial charge on any atom is -0.493 e. The summed E-state index contributed by atoms with van der Waals surface area (Å²) in [7, 11) is 2.68. The van der Waals surface area contributed by atoms with Crippen LogP contribution in [0.25, 0.3) is 0 Å². The Morgan fingerprint density at radius 2 is 1.84 bits per heavy atom. The van der Waals surface area contributed by atoms with Crippen LogP contribution >= 0.6 is 0 Å². The number of ether oxygens (including phenoxy) is 4. The molecule has 205 valence electrons. The molecule has 0 saturated carbocycles. The number of amides is 3. The molecule has 1 radical (unpaired) electrons. The summed E-state index contributed by atoms with van der Waals surface area (Å²) in [5.74, 6) is 1.03. The molecule has 1 fully saturated rings. The highest BCUT2D eigenvalue weighted by atomic mass is 28.3. The number of likely N-dealkylation sites (tertiary alicyclic amines) is 1. The predicted octanol–water partition coefficient (Wildman–Crippen LogP) is 4.54. The summed E-state index contributed by atoms with van der Waals surface area (Å²) in [6, 6.07) is 5.33. The van der Waals surface area contributed by atoms with Gasteiger partial charge in [0.15, 0.2) is 11.5 Å². The third-order valence-electron chi connectivity index (χ3n) is 5.64. The Morgan fingerprint density at radius 3 is 2.46 bits per heavy atom. The molecule has 1 atom stereocenters. The van der Waals surface area contributed by atoms with Gasteiger partial charge in [-0.15, -0.1) is 0 Å². The Balaban J connectivity index is 2.18. The molecule has 1 aromatic rings. The second-order valence-corrected chi connectivity index (χ2v) is 13.0. The van der Waals surface area contributed by atoms with Gasteiger partial charge >= 0.3 is 6.09 Å². The SMILES string of the molecule is COc1ccc(OCCN(C/C=C\C[Si](C)C)C(=O)[C@@H]2CCCC(=O)N2C(=O)OC(C)(C)C)cc1OC. The second kappa shape index (κ2) is 14.1. The van der Waals surface area contributed by atoms with Crippen molar-refractivity contribution < 1.29 is 33.3 Å². The van der Waals surface area contributed by atoms with E-state index in [9.17, 15) is 14.4 Å². The lowest BCUT2D eigenvalue weighted by molar-refractivity contribution is -0.147. The number of nitrogens with zero attached hydrogens (tertiary/aromatic N) is 2. The van der Waals surface area contributed by atoms with Crippen molar-refractivity contribution in [3.63, 3.8) is 0 Å². The Hall–Kier alpha value is -3.01. The number of methoxy groups -OCH3 is 2. The van der Waals surface area contributed by atoms with Crippen LogP contribution in [0, 0.1) is 0 Å². The van der Waals surface area contributed by atoms with E-state index in [4.69, 9.17) is 18.9 Å². The van der Waals surface area contributed by atoms with Crippen LogP contribution in [0.1, 0.15) is 40.0 Å².